The summed E-state index contributed by atoms with van der Waals surface area (Å²) in [5, 5.41) is 8.65. The van der Waals surface area contributed by atoms with Crippen LogP contribution >= 0.6 is 0 Å². The SMILES string of the molecule is N#Cc1ccc(C#Cc2c[c]ccc2)cc1. The highest BCUT2D eigenvalue weighted by atomic mass is 14.2. The van der Waals surface area contributed by atoms with E-state index in [1.54, 1.807) is 12.1 Å². The van der Waals surface area contributed by atoms with Gasteiger partial charge in [-0.25, -0.2) is 0 Å². The molecule has 0 unspecified atom stereocenters. The third kappa shape index (κ3) is 2.50. The molecule has 0 aliphatic carbocycles. The minimum Gasteiger partial charge on any atom is -0.192 e. The van der Waals surface area contributed by atoms with E-state index in [-0.39, 0.29) is 0 Å². The Balaban J connectivity index is 2.22. The first-order chi connectivity index (χ1) is 7.88. The Kier molecular flexibility index (Phi) is 3.02. The molecule has 0 fully saturated rings. The quantitative estimate of drug-likeness (QED) is 0.602. The smallest absolute Gasteiger partial charge is 0.0991 e. The van der Waals surface area contributed by atoms with Crippen molar-refractivity contribution in [3.05, 3.63) is 71.3 Å². The van der Waals surface area contributed by atoms with Crippen molar-refractivity contribution in [1.82, 2.24) is 0 Å². The summed E-state index contributed by atoms with van der Waals surface area (Å²) in [7, 11) is 0. The van der Waals surface area contributed by atoms with Gasteiger partial charge in [-0.05, 0) is 42.5 Å². The lowest BCUT2D eigenvalue weighted by atomic mass is 10.1. The fourth-order valence-electron chi connectivity index (χ4n) is 1.24. The van der Waals surface area contributed by atoms with Crippen molar-refractivity contribution in [2.75, 3.05) is 0 Å². The van der Waals surface area contributed by atoms with Crippen LogP contribution in [0.1, 0.15) is 16.7 Å². The Labute approximate surface area is 95.0 Å². The number of nitrogens with zero attached hydrogens (tertiary/aromatic N) is 1. The lowest BCUT2D eigenvalue weighted by Gasteiger charge is -1.90. The van der Waals surface area contributed by atoms with E-state index in [4.69, 9.17) is 5.26 Å². The molecule has 0 saturated carbocycles. The number of hydrogen-bond acceptors (Lipinski definition) is 1. The number of rotatable bonds is 0. The molecule has 2 aromatic carbocycles. The Morgan fingerprint density at radius 2 is 1.56 bits per heavy atom. The van der Waals surface area contributed by atoms with E-state index in [1.807, 2.05) is 36.4 Å². The lowest BCUT2D eigenvalue weighted by Crippen LogP contribution is -1.77. The fraction of sp³-hybridized carbons (Fsp3) is 0. The molecule has 2 rings (SSSR count). The average molecular weight is 202 g/mol. The van der Waals surface area contributed by atoms with Crippen LogP contribution in [-0.2, 0) is 0 Å². The van der Waals surface area contributed by atoms with Crippen LogP contribution in [0, 0.1) is 29.2 Å². The monoisotopic (exact) mass is 202 g/mol. The maximum Gasteiger partial charge on any atom is 0.0991 e. The summed E-state index contributed by atoms with van der Waals surface area (Å²) in [5.41, 5.74) is 2.49. The molecule has 1 heteroatoms. The van der Waals surface area contributed by atoms with Crippen LogP contribution in [0.2, 0.25) is 0 Å². The zero-order valence-electron chi connectivity index (χ0n) is 8.57. The standard InChI is InChI=1S/C15H8N/c16-12-15-10-8-14(9-11-15)7-6-13-4-2-1-3-5-13/h1-2,4-5,8-11H. The molecular weight excluding hydrogens is 194 g/mol. The van der Waals surface area contributed by atoms with E-state index in [0.29, 0.717) is 5.56 Å². The van der Waals surface area contributed by atoms with E-state index >= 15 is 0 Å². The Hall–Kier alpha value is -2.51. The number of benzene rings is 2. The molecule has 1 radical (unpaired) electrons. The molecule has 16 heavy (non-hydrogen) atoms. The average Bonchev–Trinajstić information content (AvgIpc) is 2.38. The van der Waals surface area contributed by atoms with Crippen molar-refractivity contribution in [3.63, 3.8) is 0 Å². The van der Waals surface area contributed by atoms with Crippen molar-refractivity contribution < 1.29 is 0 Å². The Morgan fingerprint density at radius 3 is 2.19 bits per heavy atom. The Bertz CT molecular complexity index is 563. The predicted molar refractivity (Wildman–Crippen MR) is 62.4 cm³/mol. The lowest BCUT2D eigenvalue weighted by molar-refractivity contribution is 1.48. The van der Waals surface area contributed by atoms with Crippen LogP contribution in [0.25, 0.3) is 0 Å². The molecule has 2 aromatic rings. The summed E-state index contributed by atoms with van der Waals surface area (Å²) in [4.78, 5) is 0. The topological polar surface area (TPSA) is 23.8 Å². The second-order valence-corrected chi connectivity index (χ2v) is 3.23. The van der Waals surface area contributed by atoms with E-state index in [9.17, 15) is 0 Å². The van der Waals surface area contributed by atoms with Gasteiger partial charge in [0.1, 0.15) is 0 Å². The minimum absolute atomic E-state index is 0.651. The van der Waals surface area contributed by atoms with Gasteiger partial charge in [-0.2, -0.15) is 5.26 Å². The van der Waals surface area contributed by atoms with Gasteiger partial charge in [0.25, 0.3) is 0 Å². The van der Waals surface area contributed by atoms with Crippen LogP contribution in [0.15, 0.2) is 48.5 Å². The maximum absolute atomic E-state index is 8.65. The van der Waals surface area contributed by atoms with Crippen molar-refractivity contribution in [2.24, 2.45) is 0 Å². The summed E-state index contributed by atoms with van der Waals surface area (Å²) in [6.07, 6.45) is 0. The molecule has 0 N–H and O–H groups in total. The van der Waals surface area contributed by atoms with Crippen molar-refractivity contribution >= 4 is 0 Å². The van der Waals surface area contributed by atoms with Crippen LogP contribution in [0.4, 0.5) is 0 Å². The molecule has 0 aliphatic heterocycles. The first-order valence-corrected chi connectivity index (χ1v) is 4.87. The highest BCUT2D eigenvalue weighted by molar-refractivity contribution is 5.44. The first kappa shape index (κ1) is 10.0. The number of nitriles is 1. The fourth-order valence-corrected chi connectivity index (χ4v) is 1.24. The van der Waals surface area contributed by atoms with E-state index in [1.165, 1.54) is 0 Å². The van der Waals surface area contributed by atoms with Crippen molar-refractivity contribution in [2.45, 2.75) is 0 Å². The van der Waals surface area contributed by atoms with Gasteiger partial charge < -0.3 is 0 Å². The second-order valence-electron chi connectivity index (χ2n) is 3.23. The zero-order valence-corrected chi connectivity index (χ0v) is 8.57. The summed E-state index contributed by atoms with van der Waals surface area (Å²) in [6.45, 7) is 0. The van der Waals surface area contributed by atoms with E-state index in [0.717, 1.165) is 11.1 Å². The molecule has 0 spiro atoms. The largest absolute Gasteiger partial charge is 0.192 e. The minimum atomic E-state index is 0.651. The van der Waals surface area contributed by atoms with Gasteiger partial charge in [0.15, 0.2) is 0 Å². The van der Waals surface area contributed by atoms with E-state index in [2.05, 4.69) is 24.0 Å². The van der Waals surface area contributed by atoms with Crippen molar-refractivity contribution in [1.29, 1.82) is 5.26 Å². The molecular formula is C15H8N. The van der Waals surface area contributed by atoms with Crippen LogP contribution in [0.3, 0.4) is 0 Å². The maximum atomic E-state index is 8.65. The second kappa shape index (κ2) is 4.82. The molecule has 0 aliphatic rings. The normalized spacial score (nSPS) is 8.69. The molecule has 1 nitrogen and oxygen atoms in total. The highest BCUT2D eigenvalue weighted by Crippen LogP contribution is 2.02. The van der Waals surface area contributed by atoms with E-state index < -0.39 is 0 Å². The molecule has 0 heterocycles. The third-order valence-electron chi connectivity index (χ3n) is 2.07. The van der Waals surface area contributed by atoms with Gasteiger partial charge in [0, 0.05) is 11.1 Å². The van der Waals surface area contributed by atoms with Crippen LogP contribution < -0.4 is 0 Å². The van der Waals surface area contributed by atoms with Gasteiger partial charge in [-0.1, -0.05) is 24.0 Å². The van der Waals surface area contributed by atoms with Crippen molar-refractivity contribution in [3.8, 4) is 17.9 Å². The van der Waals surface area contributed by atoms with Gasteiger partial charge in [0.05, 0.1) is 11.6 Å². The summed E-state index contributed by atoms with van der Waals surface area (Å²) in [6, 6.07) is 19.8. The molecule has 0 bridgehead atoms. The van der Waals surface area contributed by atoms with Gasteiger partial charge in [-0.15, -0.1) is 0 Å². The molecule has 0 saturated heterocycles. The summed E-state index contributed by atoms with van der Waals surface area (Å²) in [5.74, 6) is 6.07. The zero-order chi connectivity index (χ0) is 11.2. The molecule has 73 valence electrons. The summed E-state index contributed by atoms with van der Waals surface area (Å²) < 4.78 is 0. The molecule has 0 amide bonds. The Morgan fingerprint density at radius 1 is 0.875 bits per heavy atom. The summed E-state index contributed by atoms with van der Waals surface area (Å²) >= 11 is 0. The van der Waals surface area contributed by atoms with Gasteiger partial charge >= 0.3 is 0 Å². The van der Waals surface area contributed by atoms with Gasteiger partial charge in [0.2, 0.25) is 0 Å². The molecule has 0 atom stereocenters. The predicted octanol–water partition coefficient (Wildman–Crippen LogP) is 2.76. The highest BCUT2D eigenvalue weighted by Gasteiger charge is 1.89. The van der Waals surface area contributed by atoms with Gasteiger partial charge in [-0.3, -0.25) is 0 Å². The van der Waals surface area contributed by atoms with Crippen LogP contribution in [-0.4, -0.2) is 0 Å². The third-order valence-corrected chi connectivity index (χ3v) is 2.07. The van der Waals surface area contributed by atoms with Crippen LogP contribution in [0.5, 0.6) is 0 Å². The first-order valence-electron chi connectivity index (χ1n) is 4.87. The number of hydrogen-bond donors (Lipinski definition) is 0. The molecule has 0 aromatic heterocycles.